The van der Waals surface area contributed by atoms with Gasteiger partial charge >= 0.3 is 0 Å². The van der Waals surface area contributed by atoms with Crippen LogP contribution in [0.1, 0.15) is 20.3 Å². The van der Waals surface area contributed by atoms with Crippen LogP contribution in [-0.2, 0) is 4.74 Å². The molecule has 0 aromatic carbocycles. The molecule has 4 heteroatoms. The van der Waals surface area contributed by atoms with Crippen LogP contribution in [0.15, 0.2) is 0 Å². The number of likely N-dealkylation sites (N-methyl/N-ethyl adjacent to an activating group) is 1. The van der Waals surface area contributed by atoms with Crippen molar-refractivity contribution in [1.29, 1.82) is 0 Å². The van der Waals surface area contributed by atoms with Crippen LogP contribution >= 0.6 is 0 Å². The van der Waals surface area contributed by atoms with Gasteiger partial charge in [-0.15, -0.1) is 0 Å². The van der Waals surface area contributed by atoms with Crippen molar-refractivity contribution in [3.05, 3.63) is 0 Å². The summed E-state index contributed by atoms with van der Waals surface area (Å²) < 4.78 is 5.57. The molecule has 2 fully saturated rings. The maximum absolute atomic E-state index is 6.12. The maximum atomic E-state index is 6.12. The molecule has 2 heterocycles. The van der Waals surface area contributed by atoms with Gasteiger partial charge in [0.2, 0.25) is 0 Å². The van der Waals surface area contributed by atoms with E-state index in [0.717, 1.165) is 39.3 Å². The molecule has 0 spiro atoms. The fourth-order valence-electron chi connectivity index (χ4n) is 3.62. The molecule has 0 saturated carbocycles. The summed E-state index contributed by atoms with van der Waals surface area (Å²) in [7, 11) is 4.37. The SMILES string of the molecule is CC1CN(C(C)(CN)C2CCOC2)CC1N(C)C. The van der Waals surface area contributed by atoms with Crippen molar-refractivity contribution in [2.75, 3.05) is 46.9 Å². The molecular weight excluding hydrogens is 226 g/mol. The summed E-state index contributed by atoms with van der Waals surface area (Å²) in [5.41, 5.74) is 6.23. The summed E-state index contributed by atoms with van der Waals surface area (Å²) in [5, 5.41) is 0. The molecule has 2 aliphatic rings. The van der Waals surface area contributed by atoms with Crippen molar-refractivity contribution in [3.63, 3.8) is 0 Å². The molecule has 106 valence electrons. The average Bonchev–Trinajstić information content (AvgIpc) is 2.96. The summed E-state index contributed by atoms with van der Waals surface area (Å²) in [4.78, 5) is 4.97. The normalized spacial score (nSPS) is 37.3. The summed E-state index contributed by atoms with van der Waals surface area (Å²) in [6, 6.07) is 0.651. The summed E-state index contributed by atoms with van der Waals surface area (Å²) in [6.07, 6.45) is 1.16. The topological polar surface area (TPSA) is 41.7 Å². The molecule has 2 N–H and O–H groups in total. The van der Waals surface area contributed by atoms with Crippen molar-refractivity contribution in [2.24, 2.45) is 17.6 Å². The van der Waals surface area contributed by atoms with Gasteiger partial charge in [-0.2, -0.15) is 0 Å². The minimum atomic E-state index is 0.107. The van der Waals surface area contributed by atoms with Crippen molar-refractivity contribution in [3.8, 4) is 0 Å². The number of rotatable bonds is 4. The van der Waals surface area contributed by atoms with Crippen LogP contribution in [-0.4, -0.2) is 68.3 Å². The Hall–Kier alpha value is -0.160. The van der Waals surface area contributed by atoms with Crippen molar-refractivity contribution < 1.29 is 4.74 Å². The Morgan fingerprint density at radius 2 is 2.11 bits per heavy atom. The molecule has 2 aliphatic heterocycles. The second-order valence-corrected chi connectivity index (χ2v) is 6.54. The number of hydrogen-bond acceptors (Lipinski definition) is 4. The first-order chi connectivity index (χ1) is 8.49. The van der Waals surface area contributed by atoms with Crippen molar-refractivity contribution >= 4 is 0 Å². The third kappa shape index (κ3) is 2.44. The van der Waals surface area contributed by atoms with Gasteiger partial charge in [-0.3, -0.25) is 4.90 Å². The largest absolute Gasteiger partial charge is 0.381 e. The van der Waals surface area contributed by atoms with E-state index in [-0.39, 0.29) is 5.54 Å². The predicted molar refractivity (Wildman–Crippen MR) is 74.6 cm³/mol. The van der Waals surface area contributed by atoms with E-state index in [0.29, 0.717) is 17.9 Å². The highest BCUT2D eigenvalue weighted by molar-refractivity contribution is 5.01. The Balaban J connectivity index is 2.09. The van der Waals surface area contributed by atoms with E-state index in [1.165, 1.54) is 0 Å². The quantitative estimate of drug-likeness (QED) is 0.800. The van der Waals surface area contributed by atoms with E-state index in [1.807, 2.05) is 0 Å². The van der Waals surface area contributed by atoms with Crippen LogP contribution < -0.4 is 5.73 Å². The van der Waals surface area contributed by atoms with Gasteiger partial charge in [0.1, 0.15) is 0 Å². The van der Waals surface area contributed by atoms with Crippen molar-refractivity contribution in [2.45, 2.75) is 31.8 Å². The van der Waals surface area contributed by atoms with E-state index in [9.17, 15) is 0 Å². The molecule has 4 unspecified atom stereocenters. The summed E-state index contributed by atoms with van der Waals surface area (Å²) >= 11 is 0. The van der Waals surface area contributed by atoms with Crippen LogP contribution in [0.3, 0.4) is 0 Å². The Bertz CT molecular complexity index is 278. The van der Waals surface area contributed by atoms with Gasteiger partial charge in [0, 0.05) is 43.7 Å². The van der Waals surface area contributed by atoms with Crippen LogP contribution in [0.25, 0.3) is 0 Å². The fourth-order valence-corrected chi connectivity index (χ4v) is 3.62. The van der Waals surface area contributed by atoms with Crippen LogP contribution in [0.5, 0.6) is 0 Å². The number of likely N-dealkylation sites (tertiary alicyclic amines) is 1. The Morgan fingerprint density at radius 3 is 2.56 bits per heavy atom. The second kappa shape index (κ2) is 5.45. The second-order valence-electron chi connectivity index (χ2n) is 6.54. The maximum Gasteiger partial charge on any atom is 0.0513 e. The molecule has 4 atom stereocenters. The van der Waals surface area contributed by atoms with E-state index in [1.54, 1.807) is 0 Å². The fraction of sp³-hybridized carbons (Fsp3) is 1.00. The molecular formula is C14H29N3O. The standard InChI is InChI=1S/C14H29N3O/c1-11-7-17(8-13(11)16(3)4)14(2,10-15)12-5-6-18-9-12/h11-13H,5-10,15H2,1-4H3. The highest BCUT2D eigenvalue weighted by atomic mass is 16.5. The number of nitrogens with zero attached hydrogens (tertiary/aromatic N) is 2. The van der Waals surface area contributed by atoms with Crippen LogP contribution in [0.4, 0.5) is 0 Å². The average molecular weight is 255 g/mol. The van der Waals surface area contributed by atoms with Gasteiger partial charge in [0.15, 0.2) is 0 Å². The van der Waals surface area contributed by atoms with E-state index >= 15 is 0 Å². The monoisotopic (exact) mass is 255 g/mol. The molecule has 2 rings (SSSR count). The number of hydrogen-bond donors (Lipinski definition) is 1. The van der Waals surface area contributed by atoms with E-state index in [4.69, 9.17) is 10.5 Å². The lowest BCUT2D eigenvalue weighted by atomic mass is 9.83. The predicted octanol–water partition coefficient (Wildman–Crippen LogP) is 0.622. The molecule has 0 aromatic rings. The van der Waals surface area contributed by atoms with Gasteiger partial charge in [-0.25, -0.2) is 0 Å². The molecule has 0 amide bonds. The molecule has 4 nitrogen and oxygen atoms in total. The zero-order valence-corrected chi connectivity index (χ0v) is 12.4. The van der Waals surface area contributed by atoms with Gasteiger partial charge in [0.05, 0.1) is 6.61 Å². The lowest BCUT2D eigenvalue weighted by molar-refractivity contribution is 0.0589. The third-order valence-corrected chi connectivity index (χ3v) is 5.18. The zero-order valence-electron chi connectivity index (χ0n) is 12.4. The highest BCUT2D eigenvalue weighted by Crippen LogP contribution is 2.35. The first-order valence-electron chi connectivity index (χ1n) is 7.18. The minimum Gasteiger partial charge on any atom is -0.381 e. The van der Waals surface area contributed by atoms with Crippen LogP contribution in [0, 0.1) is 11.8 Å². The van der Waals surface area contributed by atoms with E-state index < -0.39 is 0 Å². The van der Waals surface area contributed by atoms with Gasteiger partial charge < -0.3 is 15.4 Å². The molecule has 0 aliphatic carbocycles. The third-order valence-electron chi connectivity index (χ3n) is 5.18. The Kier molecular flexibility index (Phi) is 4.32. The van der Waals surface area contributed by atoms with Gasteiger partial charge in [-0.05, 0) is 33.4 Å². The minimum absolute atomic E-state index is 0.107. The Labute approximate surface area is 111 Å². The molecule has 0 bridgehead atoms. The van der Waals surface area contributed by atoms with Gasteiger partial charge in [-0.1, -0.05) is 6.92 Å². The number of nitrogens with two attached hydrogens (primary N) is 1. The first kappa shape index (κ1) is 14.3. The summed E-state index contributed by atoms with van der Waals surface area (Å²) in [6.45, 7) is 9.50. The molecule has 18 heavy (non-hydrogen) atoms. The lowest BCUT2D eigenvalue weighted by Crippen LogP contribution is -2.56. The first-order valence-corrected chi connectivity index (χ1v) is 7.18. The molecule has 2 saturated heterocycles. The molecule has 0 aromatic heterocycles. The summed E-state index contributed by atoms with van der Waals surface area (Å²) in [5.74, 6) is 1.31. The van der Waals surface area contributed by atoms with Crippen molar-refractivity contribution in [1.82, 2.24) is 9.80 Å². The highest BCUT2D eigenvalue weighted by Gasteiger charge is 2.45. The zero-order chi connectivity index (χ0) is 13.3. The molecule has 0 radical (unpaired) electrons. The smallest absolute Gasteiger partial charge is 0.0513 e. The number of ether oxygens (including phenoxy) is 1. The van der Waals surface area contributed by atoms with Gasteiger partial charge in [0.25, 0.3) is 0 Å². The van der Waals surface area contributed by atoms with E-state index in [2.05, 4.69) is 37.7 Å². The van der Waals surface area contributed by atoms with Crippen LogP contribution in [0.2, 0.25) is 0 Å². The Morgan fingerprint density at radius 1 is 1.39 bits per heavy atom. The lowest BCUT2D eigenvalue weighted by Gasteiger charge is -2.42.